The molecular formula is C10H10ClNO. The molecule has 0 saturated heterocycles. The fraction of sp³-hybridized carbons (Fsp3) is 0.300. The largest absolute Gasteiger partial charge is 0.312 e. The molecule has 0 bridgehead atoms. The molecule has 3 heteroatoms. The van der Waals surface area contributed by atoms with E-state index >= 15 is 0 Å². The second-order valence-corrected chi connectivity index (χ2v) is 3.46. The van der Waals surface area contributed by atoms with Crippen LogP contribution in [0.5, 0.6) is 0 Å². The van der Waals surface area contributed by atoms with E-state index in [2.05, 4.69) is 0 Å². The average Bonchev–Trinajstić information content (AvgIpc) is 2.43. The minimum Gasteiger partial charge on any atom is -0.312 e. The minimum absolute atomic E-state index is 0.144. The summed E-state index contributed by atoms with van der Waals surface area (Å²) < 4.78 is 0. The van der Waals surface area contributed by atoms with Crippen LogP contribution in [0.25, 0.3) is 0 Å². The molecule has 2 nitrogen and oxygen atoms in total. The van der Waals surface area contributed by atoms with Crippen molar-refractivity contribution in [3.63, 3.8) is 0 Å². The molecule has 0 fully saturated rings. The quantitative estimate of drug-likeness (QED) is 0.673. The predicted octanol–water partition coefficient (Wildman–Crippen LogP) is 2.25. The van der Waals surface area contributed by atoms with Gasteiger partial charge in [0.2, 0.25) is 5.91 Å². The maximum Gasteiger partial charge on any atom is 0.231 e. The number of fused-ring (bicyclic) bond motifs is 1. The molecule has 0 saturated carbocycles. The summed E-state index contributed by atoms with van der Waals surface area (Å²) in [5, 5.41) is 0.696. The van der Waals surface area contributed by atoms with E-state index in [1.165, 1.54) is 0 Å². The highest BCUT2D eigenvalue weighted by molar-refractivity contribution is 6.32. The number of benzene rings is 1. The van der Waals surface area contributed by atoms with Crippen molar-refractivity contribution in [2.45, 2.75) is 13.3 Å². The van der Waals surface area contributed by atoms with Gasteiger partial charge >= 0.3 is 0 Å². The van der Waals surface area contributed by atoms with Gasteiger partial charge in [-0.15, -0.1) is 0 Å². The highest BCUT2D eigenvalue weighted by atomic mass is 35.5. The van der Waals surface area contributed by atoms with E-state index in [0.717, 1.165) is 11.3 Å². The van der Waals surface area contributed by atoms with Crippen LogP contribution < -0.4 is 4.90 Å². The van der Waals surface area contributed by atoms with E-state index in [4.69, 9.17) is 11.6 Å². The van der Waals surface area contributed by atoms with Gasteiger partial charge in [-0.1, -0.05) is 17.7 Å². The van der Waals surface area contributed by atoms with Crippen molar-refractivity contribution in [2.24, 2.45) is 0 Å². The highest BCUT2D eigenvalue weighted by Gasteiger charge is 2.27. The molecule has 68 valence electrons. The van der Waals surface area contributed by atoms with Crippen LogP contribution in [-0.4, -0.2) is 12.5 Å². The van der Waals surface area contributed by atoms with Gasteiger partial charge in [0.25, 0.3) is 0 Å². The number of carbonyl (C=O) groups is 1. The van der Waals surface area contributed by atoms with Crippen molar-refractivity contribution < 1.29 is 4.79 Å². The molecule has 1 aromatic rings. The number of likely N-dealkylation sites (N-methyl/N-ethyl adjacent to an activating group) is 1. The smallest absolute Gasteiger partial charge is 0.231 e. The van der Waals surface area contributed by atoms with Crippen LogP contribution in [0, 0.1) is 0 Å². The van der Waals surface area contributed by atoms with Gasteiger partial charge in [0, 0.05) is 22.8 Å². The normalized spacial score (nSPS) is 14.9. The first kappa shape index (κ1) is 8.57. The fourth-order valence-electron chi connectivity index (χ4n) is 1.70. The molecule has 0 atom stereocenters. The molecule has 0 aromatic heterocycles. The molecule has 2 rings (SSSR count). The van der Waals surface area contributed by atoms with Crippen molar-refractivity contribution in [2.75, 3.05) is 11.4 Å². The molecule has 1 aliphatic rings. The number of carbonyl (C=O) groups excluding carboxylic acids is 1. The van der Waals surface area contributed by atoms with Crippen LogP contribution in [0.2, 0.25) is 5.02 Å². The molecule has 0 spiro atoms. The zero-order valence-electron chi connectivity index (χ0n) is 7.38. The van der Waals surface area contributed by atoms with Crippen LogP contribution in [0.3, 0.4) is 0 Å². The second kappa shape index (κ2) is 3.04. The van der Waals surface area contributed by atoms with Gasteiger partial charge in [0.05, 0.1) is 6.42 Å². The van der Waals surface area contributed by atoms with Gasteiger partial charge in [-0.05, 0) is 19.1 Å². The molecule has 1 amide bonds. The Kier molecular flexibility index (Phi) is 2.00. The Hall–Kier alpha value is -1.02. The minimum atomic E-state index is 0.144. The van der Waals surface area contributed by atoms with Gasteiger partial charge in [-0.25, -0.2) is 0 Å². The Morgan fingerprint density at radius 1 is 1.54 bits per heavy atom. The topological polar surface area (TPSA) is 20.3 Å². The van der Waals surface area contributed by atoms with Crippen LogP contribution >= 0.6 is 11.6 Å². The van der Waals surface area contributed by atoms with E-state index in [9.17, 15) is 4.79 Å². The molecule has 0 unspecified atom stereocenters. The lowest BCUT2D eigenvalue weighted by Crippen LogP contribution is -2.25. The number of amides is 1. The van der Waals surface area contributed by atoms with E-state index in [-0.39, 0.29) is 5.91 Å². The molecule has 1 aliphatic heterocycles. The third kappa shape index (κ3) is 1.22. The SMILES string of the molecule is CCN1C(=O)Cc2c(Cl)cccc21. The third-order valence-corrected chi connectivity index (χ3v) is 2.68. The lowest BCUT2D eigenvalue weighted by atomic mass is 10.2. The first-order valence-corrected chi connectivity index (χ1v) is 4.69. The summed E-state index contributed by atoms with van der Waals surface area (Å²) >= 11 is 5.98. The van der Waals surface area contributed by atoms with Gasteiger partial charge in [-0.3, -0.25) is 4.79 Å². The third-order valence-electron chi connectivity index (χ3n) is 2.33. The molecule has 0 radical (unpaired) electrons. The lowest BCUT2D eigenvalue weighted by Gasteiger charge is -2.14. The number of nitrogens with zero attached hydrogens (tertiary/aromatic N) is 1. The molecule has 0 aliphatic carbocycles. The Morgan fingerprint density at radius 3 is 3.00 bits per heavy atom. The first-order chi connectivity index (χ1) is 6.24. The summed E-state index contributed by atoms with van der Waals surface area (Å²) in [5.41, 5.74) is 1.94. The van der Waals surface area contributed by atoms with Crippen molar-refractivity contribution in [3.8, 4) is 0 Å². The Bertz CT molecular complexity index is 362. The van der Waals surface area contributed by atoms with Crippen LogP contribution in [0.15, 0.2) is 18.2 Å². The molecule has 0 N–H and O–H groups in total. The molecule has 13 heavy (non-hydrogen) atoms. The van der Waals surface area contributed by atoms with E-state index in [0.29, 0.717) is 18.0 Å². The van der Waals surface area contributed by atoms with Crippen molar-refractivity contribution in [1.29, 1.82) is 0 Å². The number of anilines is 1. The predicted molar refractivity (Wildman–Crippen MR) is 53.2 cm³/mol. The maximum absolute atomic E-state index is 11.5. The summed E-state index contributed by atoms with van der Waals surface area (Å²) in [7, 11) is 0. The fourth-order valence-corrected chi connectivity index (χ4v) is 1.94. The number of hydrogen-bond acceptors (Lipinski definition) is 1. The first-order valence-electron chi connectivity index (χ1n) is 4.31. The standard InChI is InChI=1S/C10H10ClNO/c1-2-12-9-5-3-4-8(11)7(9)6-10(12)13/h3-5H,2,6H2,1H3. The van der Waals surface area contributed by atoms with Gasteiger partial charge in [-0.2, -0.15) is 0 Å². The van der Waals surface area contributed by atoms with Gasteiger partial charge in [0.15, 0.2) is 0 Å². The molecular weight excluding hydrogens is 186 g/mol. The zero-order valence-corrected chi connectivity index (χ0v) is 8.14. The summed E-state index contributed by atoms with van der Waals surface area (Å²) in [5.74, 6) is 0.144. The Labute approximate surface area is 82.1 Å². The summed E-state index contributed by atoms with van der Waals surface area (Å²) in [6.45, 7) is 2.68. The van der Waals surface area contributed by atoms with Crippen LogP contribution in [0.1, 0.15) is 12.5 Å². The number of halogens is 1. The van der Waals surface area contributed by atoms with Crippen molar-refractivity contribution >= 4 is 23.2 Å². The van der Waals surface area contributed by atoms with Crippen molar-refractivity contribution in [1.82, 2.24) is 0 Å². The van der Waals surface area contributed by atoms with Crippen LogP contribution in [0.4, 0.5) is 5.69 Å². The van der Waals surface area contributed by atoms with E-state index in [1.807, 2.05) is 25.1 Å². The van der Waals surface area contributed by atoms with Gasteiger partial charge < -0.3 is 4.90 Å². The zero-order chi connectivity index (χ0) is 9.42. The number of rotatable bonds is 1. The van der Waals surface area contributed by atoms with E-state index < -0.39 is 0 Å². The summed E-state index contributed by atoms with van der Waals surface area (Å²) in [4.78, 5) is 13.2. The Morgan fingerprint density at radius 2 is 2.31 bits per heavy atom. The summed E-state index contributed by atoms with van der Waals surface area (Å²) in [6.07, 6.45) is 0.447. The molecule has 1 heterocycles. The lowest BCUT2D eigenvalue weighted by molar-refractivity contribution is -0.117. The van der Waals surface area contributed by atoms with Crippen molar-refractivity contribution in [3.05, 3.63) is 28.8 Å². The van der Waals surface area contributed by atoms with Crippen LogP contribution in [-0.2, 0) is 11.2 Å². The molecule has 1 aromatic carbocycles. The Balaban J connectivity index is 2.54. The summed E-state index contributed by atoms with van der Waals surface area (Å²) in [6, 6.07) is 5.64. The monoisotopic (exact) mass is 195 g/mol. The highest BCUT2D eigenvalue weighted by Crippen LogP contribution is 2.33. The van der Waals surface area contributed by atoms with Gasteiger partial charge in [0.1, 0.15) is 0 Å². The number of hydrogen-bond donors (Lipinski definition) is 0. The van der Waals surface area contributed by atoms with E-state index in [1.54, 1.807) is 4.90 Å². The maximum atomic E-state index is 11.5. The second-order valence-electron chi connectivity index (χ2n) is 3.05. The average molecular weight is 196 g/mol.